The molecule has 0 bridgehead atoms. The fourth-order valence-electron chi connectivity index (χ4n) is 3.29. The smallest absolute Gasteiger partial charge is 0.254 e. The number of carbonyl (C=O) groups excluding carboxylic acids is 1. The number of amides is 1. The van der Waals surface area contributed by atoms with Crippen LogP contribution in [-0.4, -0.2) is 55.9 Å². The highest BCUT2D eigenvalue weighted by molar-refractivity contribution is 7.91. The van der Waals surface area contributed by atoms with Crippen LogP contribution in [0.25, 0.3) is 0 Å². The Kier molecular flexibility index (Phi) is 4.18. The highest BCUT2D eigenvalue weighted by Crippen LogP contribution is 2.23. The Hall–Kier alpha value is -1.47. The number of hydrogen-bond acceptors (Lipinski definition) is 4. The van der Waals surface area contributed by atoms with Gasteiger partial charge in [-0.3, -0.25) is 9.69 Å². The minimum absolute atomic E-state index is 0.0491. The quantitative estimate of drug-likeness (QED) is 0.893. The first-order valence-corrected chi connectivity index (χ1v) is 9.28. The molecule has 1 N–H and O–H groups in total. The molecule has 0 unspecified atom stereocenters. The van der Waals surface area contributed by atoms with Gasteiger partial charge in [-0.05, 0) is 38.1 Å². The second-order valence-corrected chi connectivity index (χ2v) is 8.10. The highest BCUT2D eigenvalue weighted by atomic mass is 32.2. The van der Waals surface area contributed by atoms with Crippen LogP contribution in [-0.2, 0) is 9.84 Å². The number of likely N-dealkylation sites (tertiary alicyclic amines) is 1. The van der Waals surface area contributed by atoms with Gasteiger partial charge < -0.3 is 5.32 Å². The zero-order chi connectivity index (χ0) is 15.7. The fourth-order valence-corrected chi connectivity index (χ4v) is 5.24. The molecule has 0 spiro atoms. The molecule has 1 aromatic rings. The summed E-state index contributed by atoms with van der Waals surface area (Å²) in [6, 6.07) is 5.04. The molecule has 0 aliphatic carbocycles. The van der Waals surface area contributed by atoms with Crippen LogP contribution in [0.3, 0.4) is 0 Å². The Morgan fingerprint density at radius 3 is 2.55 bits per heavy atom. The molecule has 5 nitrogen and oxygen atoms in total. The molecule has 2 atom stereocenters. The zero-order valence-electron chi connectivity index (χ0n) is 12.2. The third kappa shape index (κ3) is 3.15. The van der Waals surface area contributed by atoms with Crippen molar-refractivity contribution >= 4 is 15.7 Å². The van der Waals surface area contributed by atoms with Crippen molar-refractivity contribution in [3.05, 3.63) is 35.6 Å². The Morgan fingerprint density at radius 1 is 1.18 bits per heavy atom. The summed E-state index contributed by atoms with van der Waals surface area (Å²) in [4.78, 5) is 14.4. The number of carbonyl (C=O) groups is 1. The van der Waals surface area contributed by atoms with Crippen LogP contribution in [0.2, 0.25) is 0 Å². The van der Waals surface area contributed by atoms with Crippen molar-refractivity contribution in [1.29, 1.82) is 0 Å². The van der Waals surface area contributed by atoms with Crippen molar-refractivity contribution in [3.63, 3.8) is 0 Å². The molecule has 3 rings (SSSR count). The number of nitrogens with one attached hydrogen (secondary N) is 1. The second-order valence-electron chi connectivity index (χ2n) is 5.95. The van der Waals surface area contributed by atoms with E-state index in [2.05, 4.69) is 10.2 Å². The van der Waals surface area contributed by atoms with Crippen molar-refractivity contribution in [2.45, 2.75) is 24.9 Å². The van der Waals surface area contributed by atoms with Crippen molar-refractivity contribution < 1.29 is 17.6 Å². The lowest BCUT2D eigenvalue weighted by molar-refractivity contribution is 0.0914. The average Bonchev–Trinajstić information content (AvgIpc) is 3.06. The van der Waals surface area contributed by atoms with Gasteiger partial charge in [0.2, 0.25) is 0 Å². The summed E-state index contributed by atoms with van der Waals surface area (Å²) in [7, 11) is -3.17. The highest BCUT2D eigenvalue weighted by Gasteiger charge is 2.42. The summed E-state index contributed by atoms with van der Waals surface area (Å²) in [6.07, 6.45) is 2.09. The first kappa shape index (κ1) is 15.4. The van der Waals surface area contributed by atoms with Crippen molar-refractivity contribution in [3.8, 4) is 0 Å². The van der Waals surface area contributed by atoms with E-state index in [0.29, 0.717) is 0 Å². The molecule has 1 aromatic carbocycles. The molecule has 2 heterocycles. The van der Waals surface area contributed by atoms with Crippen molar-refractivity contribution in [2.24, 2.45) is 0 Å². The molecular weight excluding hydrogens is 307 g/mol. The summed E-state index contributed by atoms with van der Waals surface area (Å²) in [5, 5.41) is 2.72. The van der Waals surface area contributed by atoms with Crippen LogP contribution in [0.4, 0.5) is 4.39 Å². The lowest BCUT2D eigenvalue weighted by Crippen LogP contribution is -2.50. The predicted molar refractivity (Wildman–Crippen MR) is 80.9 cm³/mol. The standard InChI is InChI=1S/C15H19FN2O3S/c16-12-6-2-1-5-11(12)15(19)17-13-9-22(20,21)10-14(13)18-7-3-4-8-18/h1-2,5-6,13-14H,3-4,7-10H2,(H,17,19)/t13-,14-/m0/s1. The number of rotatable bonds is 3. The Balaban J connectivity index is 1.77. The van der Waals surface area contributed by atoms with E-state index in [1.54, 1.807) is 6.07 Å². The molecule has 0 radical (unpaired) electrons. The summed E-state index contributed by atoms with van der Waals surface area (Å²) < 4.78 is 37.6. The molecule has 2 saturated heterocycles. The van der Waals surface area contributed by atoms with Crippen LogP contribution in [0.1, 0.15) is 23.2 Å². The Morgan fingerprint density at radius 2 is 1.86 bits per heavy atom. The molecule has 2 aliphatic rings. The number of nitrogens with zero attached hydrogens (tertiary/aromatic N) is 1. The molecule has 2 fully saturated rings. The summed E-state index contributed by atoms with van der Waals surface area (Å²) in [6.45, 7) is 1.71. The molecule has 120 valence electrons. The topological polar surface area (TPSA) is 66.5 Å². The van der Waals surface area contributed by atoms with Crippen molar-refractivity contribution in [2.75, 3.05) is 24.6 Å². The van der Waals surface area contributed by atoms with E-state index in [0.717, 1.165) is 25.9 Å². The number of benzene rings is 1. The molecule has 1 amide bonds. The summed E-state index contributed by atoms with van der Waals surface area (Å²) in [5.74, 6) is -1.16. The summed E-state index contributed by atoms with van der Waals surface area (Å²) in [5.41, 5.74) is -0.0491. The second kappa shape index (κ2) is 5.96. The zero-order valence-corrected chi connectivity index (χ0v) is 13.0. The van der Waals surface area contributed by atoms with Crippen molar-refractivity contribution in [1.82, 2.24) is 10.2 Å². The largest absolute Gasteiger partial charge is 0.347 e. The normalized spacial score (nSPS) is 27.9. The van der Waals surface area contributed by atoms with E-state index in [-0.39, 0.29) is 23.1 Å². The molecular formula is C15H19FN2O3S. The van der Waals surface area contributed by atoms with Gasteiger partial charge in [0.1, 0.15) is 5.82 Å². The number of hydrogen-bond donors (Lipinski definition) is 1. The molecule has 7 heteroatoms. The van der Waals surface area contributed by atoms with Crippen LogP contribution >= 0.6 is 0 Å². The molecule has 0 aromatic heterocycles. The van der Waals surface area contributed by atoms with E-state index >= 15 is 0 Å². The maximum absolute atomic E-state index is 13.7. The molecule has 2 aliphatic heterocycles. The molecule has 22 heavy (non-hydrogen) atoms. The third-order valence-corrected chi connectivity index (χ3v) is 6.08. The van der Waals surface area contributed by atoms with Gasteiger partial charge in [0, 0.05) is 6.04 Å². The Labute approximate surface area is 129 Å². The maximum atomic E-state index is 13.7. The van der Waals surface area contributed by atoms with Gasteiger partial charge in [-0.2, -0.15) is 0 Å². The summed E-state index contributed by atoms with van der Waals surface area (Å²) >= 11 is 0. The van der Waals surface area contributed by atoms with Crippen LogP contribution in [0.15, 0.2) is 24.3 Å². The van der Waals surface area contributed by atoms with E-state index in [9.17, 15) is 17.6 Å². The maximum Gasteiger partial charge on any atom is 0.254 e. The van der Waals surface area contributed by atoms with Gasteiger partial charge in [-0.25, -0.2) is 12.8 Å². The van der Waals surface area contributed by atoms with Crippen LogP contribution in [0, 0.1) is 5.82 Å². The minimum Gasteiger partial charge on any atom is -0.347 e. The lowest BCUT2D eigenvalue weighted by Gasteiger charge is -2.28. The number of sulfone groups is 1. The fraction of sp³-hybridized carbons (Fsp3) is 0.533. The van der Waals surface area contributed by atoms with E-state index in [1.807, 2.05) is 0 Å². The van der Waals surface area contributed by atoms with Gasteiger partial charge in [0.05, 0.1) is 23.1 Å². The average molecular weight is 326 g/mol. The monoisotopic (exact) mass is 326 g/mol. The van der Waals surface area contributed by atoms with E-state index in [1.165, 1.54) is 18.2 Å². The van der Waals surface area contributed by atoms with Gasteiger partial charge in [0.25, 0.3) is 5.91 Å². The van der Waals surface area contributed by atoms with E-state index < -0.39 is 27.6 Å². The first-order chi connectivity index (χ1) is 10.5. The van der Waals surface area contributed by atoms with Gasteiger partial charge in [-0.15, -0.1) is 0 Å². The Bertz CT molecular complexity index is 671. The van der Waals surface area contributed by atoms with Gasteiger partial charge >= 0.3 is 0 Å². The van der Waals surface area contributed by atoms with Gasteiger partial charge in [0.15, 0.2) is 9.84 Å². The SMILES string of the molecule is O=C(N[C@H]1CS(=O)(=O)C[C@@H]1N1CCCC1)c1ccccc1F. The third-order valence-electron chi connectivity index (χ3n) is 4.37. The number of halogens is 1. The molecule has 0 saturated carbocycles. The van der Waals surface area contributed by atoms with Crippen LogP contribution in [0.5, 0.6) is 0 Å². The predicted octanol–water partition coefficient (Wildman–Crippen LogP) is 0.817. The van der Waals surface area contributed by atoms with Crippen LogP contribution < -0.4 is 5.32 Å². The van der Waals surface area contributed by atoms with Gasteiger partial charge in [-0.1, -0.05) is 12.1 Å². The lowest BCUT2D eigenvalue weighted by atomic mass is 10.1. The first-order valence-electron chi connectivity index (χ1n) is 7.46. The minimum atomic E-state index is -3.17. The van der Waals surface area contributed by atoms with E-state index in [4.69, 9.17) is 0 Å².